The Balaban J connectivity index is 1.61. The van der Waals surface area contributed by atoms with E-state index in [1.165, 1.54) is 11.3 Å². The molecule has 140 valence electrons. The van der Waals surface area contributed by atoms with Crippen molar-refractivity contribution in [3.05, 3.63) is 41.1 Å². The van der Waals surface area contributed by atoms with Gasteiger partial charge >= 0.3 is 0 Å². The van der Waals surface area contributed by atoms with Crippen molar-refractivity contribution in [2.45, 2.75) is 38.3 Å². The van der Waals surface area contributed by atoms with E-state index >= 15 is 0 Å². The SMILES string of the molecule is C[C@H]1C[C@@H](Nc2c(NC(=O)Cc3cscn3)cnc3cccnc23)CCO1. The number of fused-ring (bicyclic) bond motifs is 1. The fourth-order valence-electron chi connectivity index (χ4n) is 3.28. The second kappa shape index (κ2) is 7.98. The summed E-state index contributed by atoms with van der Waals surface area (Å²) in [6.07, 6.45) is 5.68. The number of rotatable bonds is 5. The lowest BCUT2D eigenvalue weighted by atomic mass is 10.0. The number of anilines is 2. The van der Waals surface area contributed by atoms with Crippen LogP contribution in [-0.4, -0.2) is 39.6 Å². The van der Waals surface area contributed by atoms with Crippen LogP contribution in [0.4, 0.5) is 11.4 Å². The molecular weight excluding hydrogens is 362 g/mol. The highest BCUT2D eigenvalue weighted by Gasteiger charge is 2.22. The maximum Gasteiger partial charge on any atom is 0.230 e. The third kappa shape index (κ3) is 4.23. The number of amides is 1. The monoisotopic (exact) mass is 383 g/mol. The van der Waals surface area contributed by atoms with Gasteiger partial charge in [-0.1, -0.05) is 0 Å². The molecule has 1 fully saturated rings. The number of ether oxygens (including phenoxy) is 1. The van der Waals surface area contributed by atoms with Crippen LogP contribution in [0, 0.1) is 0 Å². The number of carbonyl (C=O) groups excluding carboxylic acids is 1. The molecule has 0 radical (unpaired) electrons. The average molecular weight is 383 g/mol. The van der Waals surface area contributed by atoms with E-state index in [1.54, 1.807) is 17.9 Å². The molecule has 0 bridgehead atoms. The van der Waals surface area contributed by atoms with Gasteiger partial charge in [0, 0.05) is 24.2 Å². The molecule has 3 aromatic rings. The van der Waals surface area contributed by atoms with Gasteiger partial charge < -0.3 is 15.4 Å². The largest absolute Gasteiger partial charge is 0.379 e. The van der Waals surface area contributed by atoms with Crippen molar-refractivity contribution in [1.29, 1.82) is 0 Å². The third-order valence-corrected chi connectivity index (χ3v) is 5.19. The van der Waals surface area contributed by atoms with E-state index in [2.05, 4.69) is 32.5 Å². The minimum atomic E-state index is -0.124. The Kier molecular flexibility index (Phi) is 5.26. The van der Waals surface area contributed by atoms with Gasteiger partial charge in [-0.3, -0.25) is 14.8 Å². The van der Waals surface area contributed by atoms with Gasteiger partial charge in [0.2, 0.25) is 5.91 Å². The van der Waals surface area contributed by atoms with Crippen LogP contribution < -0.4 is 10.6 Å². The first kappa shape index (κ1) is 17.8. The lowest BCUT2D eigenvalue weighted by Crippen LogP contribution is -2.33. The van der Waals surface area contributed by atoms with Gasteiger partial charge in [0.05, 0.1) is 46.8 Å². The summed E-state index contributed by atoms with van der Waals surface area (Å²) in [5, 5.41) is 8.42. The predicted octanol–water partition coefficient (Wildman–Crippen LogP) is 3.25. The molecule has 7 nitrogen and oxygen atoms in total. The van der Waals surface area contributed by atoms with Crippen LogP contribution in [0.3, 0.4) is 0 Å². The predicted molar refractivity (Wildman–Crippen MR) is 106 cm³/mol. The van der Waals surface area contributed by atoms with Gasteiger partial charge in [0.25, 0.3) is 0 Å². The Morgan fingerprint density at radius 2 is 2.30 bits per heavy atom. The average Bonchev–Trinajstić information content (AvgIpc) is 3.16. The molecule has 2 N–H and O–H groups in total. The van der Waals surface area contributed by atoms with E-state index in [4.69, 9.17) is 4.74 Å². The Labute approximate surface area is 161 Å². The zero-order chi connectivity index (χ0) is 18.6. The highest BCUT2D eigenvalue weighted by Crippen LogP contribution is 2.31. The molecule has 4 heterocycles. The van der Waals surface area contributed by atoms with Crippen LogP contribution in [0.25, 0.3) is 11.0 Å². The maximum atomic E-state index is 12.5. The highest BCUT2D eigenvalue weighted by molar-refractivity contribution is 7.07. The van der Waals surface area contributed by atoms with Gasteiger partial charge in [-0.15, -0.1) is 11.3 Å². The minimum absolute atomic E-state index is 0.124. The summed E-state index contributed by atoms with van der Waals surface area (Å²) in [5.74, 6) is -0.124. The van der Waals surface area contributed by atoms with Gasteiger partial charge in [-0.05, 0) is 31.9 Å². The number of nitrogens with zero attached hydrogens (tertiary/aromatic N) is 3. The van der Waals surface area contributed by atoms with Crippen LogP contribution in [0.1, 0.15) is 25.5 Å². The molecule has 0 saturated carbocycles. The Bertz CT molecular complexity index is 931. The normalized spacial score (nSPS) is 19.7. The Hall–Kier alpha value is -2.58. The molecule has 4 rings (SSSR count). The van der Waals surface area contributed by atoms with E-state index in [0.29, 0.717) is 5.69 Å². The van der Waals surface area contributed by atoms with E-state index in [0.717, 1.165) is 41.9 Å². The summed E-state index contributed by atoms with van der Waals surface area (Å²) < 4.78 is 5.64. The molecule has 1 aliphatic rings. The molecule has 1 amide bonds. The van der Waals surface area contributed by atoms with Crippen molar-refractivity contribution in [2.24, 2.45) is 0 Å². The van der Waals surface area contributed by atoms with E-state index in [1.807, 2.05) is 17.5 Å². The minimum Gasteiger partial charge on any atom is -0.379 e. The van der Waals surface area contributed by atoms with Gasteiger partial charge in [-0.2, -0.15) is 0 Å². The fraction of sp³-hybridized carbons (Fsp3) is 0.368. The van der Waals surface area contributed by atoms with Crippen molar-refractivity contribution in [1.82, 2.24) is 15.0 Å². The van der Waals surface area contributed by atoms with Crippen LogP contribution in [-0.2, 0) is 16.0 Å². The number of nitrogens with one attached hydrogen (secondary N) is 2. The topological polar surface area (TPSA) is 89.0 Å². The van der Waals surface area contributed by atoms with Crippen molar-refractivity contribution in [3.63, 3.8) is 0 Å². The number of aromatic nitrogens is 3. The molecule has 1 saturated heterocycles. The smallest absolute Gasteiger partial charge is 0.230 e. The molecule has 3 aromatic heterocycles. The molecule has 0 unspecified atom stereocenters. The number of carbonyl (C=O) groups is 1. The molecule has 0 spiro atoms. The third-order valence-electron chi connectivity index (χ3n) is 4.56. The number of thiazole rings is 1. The molecular formula is C19H21N5O2S. The quantitative estimate of drug-likeness (QED) is 0.703. The highest BCUT2D eigenvalue weighted by atomic mass is 32.1. The summed E-state index contributed by atoms with van der Waals surface area (Å²) in [6.45, 7) is 2.80. The second-order valence-electron chi connectivity index (χ2n) is 6.67. The van der Waals surface area contributed by atoms with E-state index in [-0.39, 0.29) is 24.5 Å². The van der Waals surface area contributed by atoms with E-state index < -0.39 is 0 Å². The van der Waals surface area contributed by atoms with Crippen LogP contribution in [0.15, 0.2) is 35.4 Å². The van der Waals surface area contributed by atoms with Crippen molar-refractivity contribution >= 4 is 39.7 Å². The standard InChI is InChI=1S/C19H21N5O2S/c1-12-7-13(4-6-26-12)23-19-16(9-21-15-3-2-5-20-18(15)19)24-17(25)8-14-10-27-11-22-14/h2-3,5,9-13H,4,6-8H2,1H3,(H,21,23)(H,24,25)/t12-,13-/m0/s1. The van der Waals surface area contributed by atoms with Crippen molar-refractivity contribution in [3.8, 4) is 0 Å². The first-order valence-corrected chi connectivity index (χ1v) is 9.92. The van der Waals surface area contributed by atoms with Crippen molar-refractivity contribution < 1.29 is 9.53 Å². The molecule has 2 atom stereocenters. The van der Waals surface area contributed by atoms with Gasteiger partial charge in [0.15, 0.2) is 0 Å². The lowest BCUT2D eigenvalue weighted by Gasteiger charge is -2.29. The lowest BCUT2D eigenvalue weighted by molar-refractivity contribution is -0.115. The maximum absolute atomic E-state index is 12.5. The van der Waals surface area contributed by atoms with E-state index in [9.17, 15) is 4.79 Å². The second-order valence-corrected chi connectivity index (χ2v) is 7.39. The summed E-state index contributed by atoms with van der Waals surface area (Å²) >= 11 is 1.48. The Morgan fingerprint density at radius 3 is 3.11 bits per heavy atom. The van der Waals surface area contributed by atoms with Crippen LogP contribution in [0.5, 0.6) is 0 Å². The van der Waals surface area contributed by atoms with Crippen LogP contribution in [0.2, 0.25) is 0 Å². The summed E-state index contributed by atoms with van der Waals surface area (Å²) in [7, 11) is 0. The zero-order valence-corrected chi connectivity index (χ0v) is 15.8. The molecule has 0 aromatic carbocycles. The molecule has 1 aliphatic heterocycles. The number of pyridine rings is 2. The Morgan fingerprint density at radius 1 is 1.37 bits per heavy atom. The van der Waals surface area contributed by atoms with Crippen LogP contribution >= 0.6 is 11.3 Å². The first-order chi connectivity index (χ1) is 13.2. The summed E-state index contributed by atoms with van der Waals surface area (Å²) in [5.41, 5.74) is 5.48. The van der Waals surface area contributed by atoms with Crippen molar-refractivity contribution in [2.75, 3.05) is 17.2 Å². The molecule has 27 heavy (non-hydrogen) atoms. The fourth-order valence-corrected chi connectivity index (χ4v) is 3.84. The zero-order valence-electron chi connectivity index (χ0n) is 15.0. The summed E-state index contributed by atoms with van der Waals surface area (Å²) in [6, 6.07) is 4.03. The first-order valence-electron chi connectivity index (χ1n) is 8.98. The number of hydrogen-bond acceptors (Lipinski definition) is 7. The van der Waals surface area contributed by atoms with Gasteiger partial charge in [0.1, 0.15) is 5.52 Å². The molecule has 8 heteroatoms. The summed E-state index contributed by atoms with van der Waals surface area (Å²) in [4.78, 5) is 25.6. The molecule has 0 aliphatic carbocycles. The number of hydrogen-bond donors (Lipinski definition) is 2. The van der Waals surface area contributed by atoms with Gasteiger partial charge in [-0.25, -0.2) is 4.98 Å².